The molecule has 1 saturated heterocycles. The highest BCUT2D eigenvalue weighted by Gasteiger charge is 2.53. The fourth-order valence-electron chi connectivity index (χ4n) is 5.89. The quantitative estimate of drug-likeness (QED) is 0.419. The summed E-state index contributed by atoms with van der Waals surface area (Å²) < 4.78 is 12.9. The minimum absolute atomic E-state index is 0.217. The molecule has 3 aliphatic rings. The van der Waals surface area contributed by atoms with Crippen molar-refractivity contribution in [1.82, 2.24) is 14.8 Å². The van der Waals surface area contributed by atoms with E-state index in [1.807, 2.05) is 62.4 Å². The number of hydrogen-bond acceptors (Lipinski definition) is 5. The summed E-state index contributed by atoms with van der Waals surface area (Å²) in [7, 11) is 0. The third-order valence-electron chi connectivity index (χ3n) is 7.85. The molecule has 0 bridgehead atoms. The van der Waals surface area contributed by atoms with Gasteiger partial charge in [0.05, 0.1) is 6.54 Å². The van der Waals surface area contributed by atoms with Gasteiger partial charge in [0.15, 0.2) is 17.3 Å². The zero-order valence-corrected chi connectivity index (χ0v) is 21.0. The van der Waals surface area contributed by atoms with Crippen LogP contribution >= 0.6 is 0 Å². The van der Waals surface area contributed by atoms with Crippen molar-refractivity contribution in [3.63, 3.8) is 0 Å². The number of nitrogens with one attached hydrogen (secondary N) is 1. The summed E-state index contributed by atoms with van der Waals surface area (Å²) >= 11 is 0. The number of aryl methyl sites for hydroxylation is 2. The Hall–Kier alpha value is -4.07. The van der Waals surface area contributed by atoms with Crippen LogP contribution in [0.2, 0.25) is 0 Å². The second-order valence-electron chi connectivity index (χ2n) is 10.1. The Labute approximate surface area is 215 Å². The van der Waals surface area contributed by atoms with Crippen LogP contribution in [0.25, 0.3) is 0 Å². The monoisotopic (exact) mass is 499 g/mol. The van der Waals surface area contributed by atoms with E-state index in [1.54, 1.807) is 0 Å². The molecule has 1 aliphatic carbocycles. The Balaban J connectivity index is 1.24. The largest absolute Gasteiger partial charge is 0.454 e. The minimum atomic E-state index is -1.10. The number of hydrogen-bond donors (Lipinski definition) is 1. The van der Waals surface area contributed by atoms with Gasteiger partial charge < -0.3 is 19.4 Å². The lowest BCUT2D eigenvalue weighted by Gasteiger charge is -2.27. The molecule has 8 heteroatoms. The maximum absolute atomic E-state index is 13.7. The van der Waals surface area contributed by atoms with Crippen LogP contribution in [0.4, 0.5) is 4.79 Å². The van der Waals surface area contributed by atoms with E-state index >= 15 is 0 Å². The van der Waals surface area contributed by atoms with Crippen molar-refractivity contribution in [2.45, 2.75) is 51.6 Å². The predicted molar refractivity (Wildman–Crippen MR) is 136 cm³/mol. The first kappa shape index (κ1) is 23.3. The number of urea groups is 1. The van der Waals surface area contributed by atoms with Crippen molar-refractivity contribution >= 4 is 17.7 Å². The van der Waals surface area contributed by atoms with Crippen LogP contribution in [0.15, 0.2) is 48.5 Å². The fourth-order valence-corrected chi connectivity index (χ4v) is 5.89. The maximum atomic E-state index is 13.7. The summed E-state index contributed by atoms with van der Waals surface area (Å²) in [5.74, 6) is 0.842. The molecular weight excluding hydrogens is 470 g/mol. The van der Waals surface area contributed by atoms with Crippen LogP contribution < -0.4 is 14.8 Å². The average Bonchev–Trinajstić information content (AvgIpc) is 3.49. The molecule has 1 N–H and O–H groups in total. The molecule has 190 valence electrons. The number of aromatic nitrogens is 1. The van der Waals surface area contributed by atoms with Gasteiger partial charge in [-0.1, -0.05) is 30.3 Å². The van der Waals surface area contributed by atoms with E-state index in [-0.39, 0.29) is 25.0 Å². The number of rotatable bonds is 5. The zero-order valence-electron chi connectivity index (χ0n) is 21.0. The van der Waals surface area contributed by atoms with Crippen LogP contribution in [0, 0.1) is 13.8 Å². The van der Waals surface area contributed by atoms with E-state index in [0.717, 1.165) is 58.0 Å². The molecule has 8 nitrogen and oxygen atoms in total. The van der Waals surface area contributed by atoms with Gasteiger partial charge in [-0.15, -0.1) is 0 Å². The standard InChI is InChI=1S/C29H29N3O5/c1-18-13-22(19(2)31(18)15-20-10-11-25-26(14-20)37-17-36-25)24(33)16-32-27(34)29(30-28(32)35)12-6-5-8-21-7-3-4-9-23(21)29/h3-4,7,9-11,13-14H,5-6,8,12,15-17H2,1-2H3,(H,30,35)/t29-/m0/s1. The molecule has 0 saturated carbocycles. The lowest BCUT2D eigenvalue weighted by atomic mass is 9.84. The number of fused-ring (bicyclic) bond motifs is 3. The third kappa shape index (κ3) is 3.79. The molecule has 1 spiro atoms. The Morgan fingerprint density at radius 3 is 2.70 bits per heavy atom. The van der Waals surface area contributed by atoms with Gasteiger partial charge in [0.1, 0.15) is 5.54 Å². The summed E-state index contributed by atoms with van der Waals surface area (Å²) in [5, 5.41) is 2.96. The molecule has 1 atom stereocenters. The van der Waals surface area contributed by atoms with Crippen molar-refractivity contribution in [2.24, 2.45) is 0 Å². The number of ether oxygens (including phenoxy) is 2. The summed E-state index contributed by atoms with van der Waals surface area (Å²) in [6, 6.07) is 14.9. The van der Waals surface area contributed by atoms with E-state index in [1.165, 1.54) is 0 Å². The molecule has 1 aromatic heterocycles. The van der Waals surface area contributed by atoms with Crippen molar-refractivity contribution in [3.05, 3.63) is 82.2 Å². The first-order chi connectivity index (χ1) is 17.9. The Morgan fingerprint density at radius 2 is 1.84 bits per heavy atom. The van der Waals surface area contributed by atoms with Crippen molar-refractivity contribution in [2.75, 3.05) is 13.3 Å². The number of amides is 3. The zero-order chi connectivity index (χ0) is 25.7. The molecule has 0 radical (unpaired) electrons. The van der Waals surface area contributed by atoms with Gasteiger partial charge in [-0.3, -0.25) is 14.5 Å². The number of carbonyl (C=O) groups is 3. The first-order valence-corrected chi connectivity index (χ1v) is 12.7. The van der Waals surface area contributed by atoms with Crippen molar-refractivity contribution < 1.29 is 23.9 Å². The highest BCUT2D eigenvalue weighted by atomic mass is 16.7. The molecule has 0 unspecified atom stereocenters. The summed E-state index contributed by atoms with van der Waals surface area (Å²) in [6.45, 7) is 4.33. The number of carbonyl (C=O) groups excluding carboxylic acids is 3. The van der Waals surface area contributed by atoms with Crippen LogP contribution in [0.5, 0.6) is 11.5 Å². The summed E-state index contributed by atoms with van der Waals surface area (Å²) in [6.07, 6.45) is 3.18. The molecule has 2 aromatic carbocycles. The third-order valence-corrected chi connectivity index (χ3v) is 7.85. The summed E-state index contributed by atoms with van der Waals surface area (Å²) in [5.41, 5.74) is 4.08. The second-order valence-corrected chi connectivity index (χ2v) is 10.1. The van der Waals surface area contributed by atoms with Crippen LogP contribution in [0.3, 0.4) is 0 Å². The maximum Gasteiger partial charge on any atom is 0.325 e. The van der Waals surface area contributed by atoms with Crippen molar-refractivity contribution in [1.29, 1.82) is 0 Å². The first-order valence-electron chi connectivity index (χ1n) is 12.7. The fraction of sp³-hybridized carbons (Fsp3) is 0.345. The lowest BCUT2D eigenvalue weighted by Crippen LogP contribution is -2.44. The van der Waals surface area contributed by atoms with Crippen LogP contribution in [-0.4, -0.2) is 40.5 Å². The molecule has 1 fully saturated rings. The van der Waals surface area contributed by atoms with E-state index in [2.05, 4.69) is 9.88 Å². The summed E-state index contributed by atoms with van der Waals surface area (Å²) in [4.78, 5) is 41.3. The molecule has 37 heavy (non-hydrogen) atoms. The predicted octanol–water partition coefficient (Wildman–Crippen LogP) is 4.24. The highest BCUT2D eigenvalue weighted by Crippen LogP contribution is 2.39. The van der Waals surface area contributed by atoms with Gasteiger partial charge in [0.25, 0.3) is 5.91 Å². The second kappa shape index (κ2) is 8.80. The molecular formula is C29H29N3O5. The SMILES string of the molecule is Cc1cc(C(=O)CN2C(=O)N[C@]3(CCCCc4ccccc43)C2=O)c(C)n1Cc1ccc2c(c1)OCO2. The Kier molecular flexibility index (Phi) is 5.55. The normalized spacial score (nSPS) is 20.2. The molecule has 2 aliphatic heterocycles. The van der Waals surface area contributed by atoms with Crippen LogP contribution in [0.1, 0.15) is 57.7 Å². The molecule has 6 rings (SSSR count). The number of nitrogens with zero attached hydrogens (tertiary/aromatic N) is 2. The Morgan fingerprint density at radius 1 is 1.03 bits per heavy atom. The molecule has 3 amide bonds. The smallest absolute Gasteiger partial charge is 0.325 e. The van der Waals surface area contributed by atoms with Gasteiger partial charge >= 0.3 is 6.03 Å². The topological polar surface area (TPSA) is 89.9 Å². The van der Waals surface area contributed by atoms with E-state index in [0.29, 0.717) is 24.3 Å². The molecule has 3 heterocycles. The number of ketones is 1. The van der Waals surface area contributed by atoms with Gasteiger partial charge in [-0.2, -0.15) is 0 Å². The van der Waals surface area contributed by atoms with Gasteiger partial charge in [0, 0.05) is 23.5 Å². The number of Topliss-reactive ketones (excluding diaryl/α,β-unsaturated/α-hetero) is 1. The van der Waals surface area contributed by atoms with E-state index in [9.17, 15) is 14.4 Å². The number of benzene rings is 2. The van der Waals surface area contributed by atoms with Gasteiger partial charge in [-0.25, -0.2) is 4.79 Å². The lowest BCUT2D eigenvalue weighted by molar-refractivity contribution is -0.131. The Bertz CT molecular complexity index is 1440. The van der Waals surface area contributed by atoms with Gasteiger partial charge in [-0.05, 0) is 74.4 Å². The van der Waals surface area contributed by atoms with Gasteiger partial charge in [0.2, 0.25) is 6.79 Å². The highest BCUT2D eigenvalue weighted by molar-refractivity contribution is 6.11. The van der Waals surface area contributed by atoms with Crippen molar-refractivity contribution in [3.8, 4) is 11.5 Å². The minimum Gasteiger partial charge on any atom is -0.454 e. The molecule has 3 aromatic rings. The van der Waals surface area contributed by atoms with E-state index < -0.39 is 11.6 Å². The number of imide groups is 1. The van der Waals surface area contributed by atoms with E-state index in [4.69, 9.17) is 9.47 Å². The average molecular weight is 500 g/mol. The van der Waals surface area contributed by atoms with Crippen LogP contribution in [-0.2, 0) is 23.3 Å².